The van der Waals surface area contributed by atoms with Crippen molar-refractivity contribution in [1.29, 1.82) is 0 Å². The monoisotopic (exact) mass is 371 g/mol. The predicted molar refractivity (Wildman–Crippen MR) is 85.4 cm³/mol. The van der Waals surface area contributed by atoms with Crippen molar-refractivity contribution in [2.75, 3.05) is 13.1 Å². The first-order valence-electron chi connectivity index (χ1n) is 8.54. The number of aryl methyl sites for hydroxylation is 1. The largest absolute Gasteiger partial charge is 0.573 e. The SMILES string of the molecule is O=C(O)C1CC12CCN(C(=O)CCc1ccccc1OC(F)(F)F)CC2. The number of hydrogen-bond donors (Lipinski definition) is 1. The van der Waals surface area contributed by atoms with Gasteiger partial charge in [-0.15, -0.1) is 13.2 Å². The zero-order valence-electron chi connectivity index (χ0n) is 14.1. The highest BCUT2D eigenvalue weighted by Crippen LogP contribution is 2.59. The number of likely N-dealkylation sites (tertiary alicyclic amines) is 1. The maximum absolute atomic E-state index is 12.4. The molecule has 2 aliphatic rings. The maximum atomic E-state index is 12.4. The minimum absolute atomic E-state index is 0.0909. The van der Waals surface area contributed by atoms with Gasteiger partial charge in [0, 0.05) is 19.5 Å². The van der Waals surface area contributed by atoms with E-state index in [4.69, 9.17) is 5.11 Å². The summed E-state index contributed by atoms with van der Waals surface area (Å²) in [4.78, 5) is 25.1. The number of carbonyl (C=O) groups is 2. The molecule has 2 fully saturated rings. The van der Waals surface area contributed by atoms with Crippen LogP contribution in [0.3, 0.4) is 0 Å². The number of piperidine rings is 1. The van der Waals surface area contributed by atoms with Crippen molar-refractivity contribution in [3.05, 3.63) is 29.8 Å². The number of ether oxygens (including phenoxy) is 1. The summed E-state index contributed by atoms with van der Waals surface area (Å²) in [6, 6.07) is 5.80. The fraction of sp³-hybridized carbons (Fsp3) is 0.556. The summed E-state index contributed by atoms with van der Waals surface area (Å²) >= 11 is 0. The Kier molecular flexibility index (Phi) is 4.86. The summed E-state index contributed by atoms with van der Waals surface area (Å²) < 4.78 is 41.3. The number of carboxylic acids is 1. The quantitative estimate of drug-likeness (QED) is 0.863. The Balaban J connectivity index is 1.52. The van der Waals surface area contributed by atoms with Crippen LogP contribution in [0.25, 0.3) is 0 Å². The van der Waals surface area contributed by atoms with Crippen LogP contribution in [0.1, 0.15) is 31.2 Å². The molecule has 1 aromatic carbocycles. The lowest BCUT2D eigenvalue weighted by Crippen LogP contribution is -2.40. The van der Waals surface area contributed by atoms with Crippen molar-refractivity contribution >= 4 is 11.9 Å². The van der Waals surface area contributed by atoms with E-state index in [1.165, 1.54) is 18.2 Å². The zero-order valence-corrected chi connectivity index (χ0v) is 14.1. The second-order valence-corrected chi connectivity index (χ2v) is 6.99. The Morgan fingerprint density at radius 3 is 2.46 bits per heavy atom. The molecule has 8 heteroatoms. The summed E-state index contributed by atoms with van der Waals surface area (Å²) in [5, 5.41) is 9.09. The number of rotatable bonds is 5. The van der Waals surface area contributed by atoms with Gasteiger partial charge in [0.1, 0.15) is 5.75 Å². The van der Waals surface area contributed by atoms with Crippen molar-refractivity contribution in [2.24, 2.45) is 11.3 Å². The molecule has 1 unspecified atom stereocenters. The van der Waals surface area contributed by atoms with E-state index in [1.54, 1.807) is 11.0 Å². The molecule has 1 spiro atoms. The van der Waals surface area contributed by atoms with Crippen LogP contribution < -0.4 is 4.74 Å². The second kappa shape index (κ2) is 6.81. The third-order valence-corrected chi connectivity index (χ3v) is 5.41. The molecule has 0 bridgehead atoms. The molecular formula is C18H20F3NO4. The third-order valence-electron chi connectivity index (χ3n) is 5.41. The molecule has 1 amide bonds. The Bertz CT molecular complexity index is 696. The number of hydrogen-bond acceptors (Lipinski definition) is 3. The molecule has 1 aliphatic heterocycles. The van der Waals surface area contributed by atoms with Crippen molar-refractivity contribution in [1.82, 2.24) is 4.90 Å². The van der Waals surface area contributed by atoms with Gasteiger partial charge in [0.25, 0.3) is 0 Å². The van der Waals surface area contributed by atoms with Crippen LogP contribution in [0, 0.1) is 11.3 Å². The summed E-state index contributed by atoms with van der Waals surface area (Å²) in [5.41, 5.74) is 0.176. The van der Waals surface area contributed by atoms with Crippen molar-refractivity contribution in [2.45, 2.75) is 38.5 Å². The first kappa shape index (κ1) is 18.5. The van der Waals surface area contributed by atoms with Crippen LogP contribution in [-0.2, 0) is 16.0 Å². The molecule has 1 aliphatic carbocycles. The molecule has 1 atom stereocenters. The number of aliphatic carboxylic acids is 1. The summed E-state index contributed by atoms with van der Waals surface area (Å²) in [5.74, 6) is -1.49. The zero-order chi connectivity index (χ0) is 18.9. The summed E-state index contributed by atoms with van der Waals surface area (Å²) in [6.07, 6.45) is -2.51. The maximum Gasteiger partial charge on any atom is 0.573 e. The average Bonchev–Trinajstić information content (AvgIpc) is 3.27. The predicted octanol–water partition coefficient (Wildman–Crippen LogP) is 3.23. The van der Waals surface area contributed by atoms with Crippen molar-refractivity contribution in [3.8, 4) is 5.75 Å². The van der Waals surface area contributed by atoms with Gasteiger partial charge in [0.2, 0.25) is 5.91 Å². The average molecular weight is 371 g/mol. The molecule has 1 saturated heterocycles. The number of amides is 1. The lowest BCUT2D eigenvalue weighted by molar-refractivity contribution is -0.274. The van der Waals surface area contributed by atoms with Crippen LogP contribution in [0.5, 0.6) is 5.75 Å². The van der Waals surface area contributed by atoms with E-state index in [9.17, 15) is 22.8 Å². The molecule has 3 rings (SSSR count). The number of nitrogens with zero attached hydrogens (tertiary/aromatic N) is 1. The van der Waals surface area contributed by atoms with Gasteiger partial charge in [-0.1, -0.05) is 18.2 Å². The van der Waals surface area contributed by atoms with Crippen LogP contribution >= 0.6 is 0 Å². The standard InChI is InChI=1S/C18H20F3NO4/c19-18(20,21)26-14-4-2-1-3-12(14)5-6-15(23)22-9-7-17(8-10-22)11-13(17)16(24)25/h1-4,13H,5-11H2,(H,24,25). The van der Waals surface area contributed by atoms with E-state index in [0.717, 1.165) is 0 Å². The normalized spacial score (nSPS) is 21.5. The van der Waals surface area contributed by atoms with Gasteiger partial charge >= 0.3 is 12.3 Å². The Morgan fingerprint density at radius 1 is 1.23 bits per heavy atom. The molecule has 26 heavy (non-hydrogen) atoms. The highest BCUT2D eigenvalue weighted by Gasteiger charge is 2.59. The summed E-state index contributed by atoms with van der Waals surface area (Å²) in [7, 11) is 0. The number of halogens is 3. The van der Waals surface area contributed by atoms with Gasteiger partial charge in [-0.2, -0.15) is 0 Å². The van der Waals surface area contributed by atoms with Gasteiger partial charge in [0.15, 0.2) is 0 Å². The third kappa shape index (κ3) is 4.11. The van der Waals surface area contributed by atoms with Gasteiger partial charge in [-0.05, 0) is 42.7 Å². The number of carbonyl (C=O) groups excluding carboxylic acids is 1. The number of alkyl halides is 3. The number of benzene rings is 1. The van der Waals surface area contributed by atoms with E-state index in [1.807, 2.05) is 0 Å². The molecule has 1 heterocycles. The molecule has 1 saturated carbocycles. The summed E-state index contributed by atoms with van der Waals surface area (Å²) in [6.45, 7) is 1.01. The molecule has 1 N–H and O–H groups in total. The van der Waals surface area contributed by atoms with Crippen LogP contribution in [0.15, 0.2) is 24.3 Å². The Labute approximate surface area is 148 Å². The highest BCUT2D eigenvalue weighted by molar-refractivity contribution is 5.77. The first-order valence-corrected chi connectivity index (χ1v) is 8.54. The smallest absolute Gasteiger partial charge is 0.481 e. The van der Waals surface area contributed by atoms with E-state index >= 15 is 0 Å². The first-order chi connectivity index (χ1) is 12.2. The fourth-order valence-corrected chi connectivity index (χ4v) is 3.79. The lowest BCUT2D eigenvalue weighted by Gasteiger charge is -2.32. The minimum atomic E-state index is -4.77. The number of carboxylic acid groups (broad SMARTS) is 1. The van der Waals surface area contributed by atoms with Crippen LogP contribution in [0.2, 0.25) is 0 Å². The highest BCUT2D eigenvalue weighted by atomic mass is 19.4. The van der Waals surface area contributed by atoms with Crippen molar-refractivity contribution < 1.29 is 32.6 Å². The number of para-hydroxylation sites is 1. The Morgan fingerprint density at radius 2 is 1.88 bits per heavy atom. The van der Waals surface area contributed by atoms with Gasteiger partial charge in [-0.25, -0.2) is 0 Å². The van der Waals surface area contributed by atoms with E-state index in [2.05, 4.69) is 4.74 Å². The van der Waals surface area contributed by atoms with Gasteiger partial charge < -0.3 is 14.7 Å². The molecule has 0 aromatic heterocycles. The van der Waals surface area contributed by atoms with Gasteiger partial charge in [-0.3, -0.25) is 9.59 Å². The molecule has 0 radical (unpaired) electrons. The van der Waals surface area contributed by atoms with E-state index in [-0.39, 0.29) is 35.8 Å². The fourth-order valence-electron chi connectivity index (χ4n) is 3.79. The topological polar surface area (TPSA) is 66.8 Å². The lowest BCUT2D eigenvalue weighted by atomic mass is 9.90. The van der Waals surface area contributed by atoms with Gasteiger partial charge in [0.05, 0.1) is 5.92 Å². The Hall–Kier alpha value is -2.25. The van der Waals surface area contributed by atoms with E-state index < -0.39 is 12.3 Å². The molecular weight excluding hydrogens is 351 g/mol. The minimum Gasteiger partial charge on any atom is -0.481 e. The molecule has 5 nitrogen and oxygen atoms in total. The van der Waals surface area contributed by atoms with Crippen LogP contribution in [0.4, 0.5) is 13.2 Å². The molecule has 142 valence electrons. The molecule has 1 aromatic rings. The van der Waals surface area contributed by atoms with Crippen molar-refractivity contribution in [3.63, 3.8) is 0 Å². The van der Waals surface area contributed by atoms with Crippen LogP contribution in [-0.4, -0.2) is 41.3 Å². The van der Waals surface area contributed by atoms with E-state index in [0.29, 0.717) is 37.9 Å². The second-order valence-electron chi connectivity index (χ2n) is 6.99.